The van der Waals surface area contributed by atoms with Crippen LogP contribution in [0.3, 0.4) is 0 Å². The van der Waals surface area contributed by atoms with Crippen molar-refractivity contribution in [3.63, 3.8) is 0 Å². The molecule has 0 aromatic heterocycles. The van der Waals surface area contributed by atoms with Crippen molar-refractivity contribution in [2.75, 3.05) is 40.3 Å². The number of piperazine rings is 1. The van der Waals surface area contributed by atoms with Crippen molar-refractivity contribution in [3.8, 4) is 5.75 Å². The molecule has 0 radical (unpaired) electrons. The number of rotatable bonds is 2. The largest absolute Gasteiger partial charge is 0.496 e. The summed E-state index contributed by atoms with van der Waals surface area (Å²) in [4.78, 5) is 7.54. The molecule has 132 valence electrons. The van der Waals surface area contributed by atoms with Crippen molar-refractivity contribution >= 4 is 23.4 Å². The van der Waals surface area contributed by atoms with Crippen molar-refractivity contribution in [1.82, 2.24) is 9.80 Å². The second-order valence-corrected chi connectivity index (χ2v) is 8.28. The predicted molar refractivity (Wildman–Crippen MR) is 104 cm³/mol. The van der Waals surface area contributed by atoms with Crippen LogP contribution in [0.25, 0.3) is 0 Å². The average Bonchev–Trinajstić information content (AvgIpc) is 2.78. The first kappa shape index (κ1) is 17.2. The number of hydrogen-bond acceptors (Lipinski definition) is 4. The van der Waals surface area contributed by atoms with E-state index in [0.29, 0.717) is 6.04 Å². The summed E-state index contributed by atoms with van der Waals surface area (Å²) in [6.07, 6.45) is 1.02. The Balaban J connectivity index is 1.82. The zero-order valence-corrected chi connectivity index (χ0v) is 16.2. The van der Waals surface area contributed by atoms with Gasteiger partial charge in [0.1, 0.15) is 5.75 Å². The highest BCUT2D eigenvalue weighted by atomic mass is 35.5. The standard InChI is InChI=1S/C20H23ClN2OS/c1-22-7-9-23(10-8-22)17-11-14-5-3-4-6-19(14)25-20-16(17)12-15(21)13-18(20)24-2/h3-6,12-13,17H,7-11H2,1-2H3. The molecule has 25 heavy (non-hydrogen) atoms. The van der Waals surface area contributed by atoms with Crippen LogP contribution in [0.5, 0.6) is 5.75 Å². The van der Waals surface area contributed by atoms with E-state index in [-0.39, 0.29) is 0 Å². The van der Waals surface area contributed by atoms with Crippen molar-refractivity contribution in [3.05, 3.63) is 52.5 Å². The van der Waals surface area contributed by atoms with Crippen LogP contribution in [0.1, 0.15) is 17.2 Å². The van der Waals surface area contributed by atoms with Gasteiger partial charge in [-0.05, 0) is 42.8 Å². The van der Waals surface area contributed by atoms with Crippen molar-refractivity contribution in [2.24, 2.45) is 0 Å². The molecule has 0 spiro atoms. The second kappa shape index (κ2) is 7.20. The van der Waals surface area contributed by atoms with Gasteiger partial charge in [0.15, 0.2) is 0 Å². The molecular formula is C20H23ClN2OS. The monoisotopic (exact) mass is 374 g/mol. The normalized spacial score (nSPS) is 21.3. The number of likely N-dealkylation sites (N-methyl/N-ethyl adjacent to an activating group) is 1. The van der Waals surface area contributed by atoms with Gasteiger partial charge in [-0.25, -0.2) is 0 Å². The Bertz CT molecular complexity index is 774. The third-order valence-corrected chi connectivity index (χ3v) is 6.68. The van der Waals surface area contributed by atoms with Crippen LogP contribution in [0.2, 0.25) is 5.02 Å². The SMILES string of the molecule is COc1cc(Cl)cc2c1Sc1ccccc1CC2N1CCN(C)CC1. The molecular weight excluding hydrogens is 352 g/mol. The zero-order valence-electron chi connectivity index (χ0n) is 14.7. The van der Waals surface area contributed by atoms with Crippen LogP contribution in [-0.4, -0.2) is 50.1 Å². The average molecular weight is 375 g/mol. The minimum Gasteiger partial charge on any atom is -0.496 e. The molecule has 0 aliphatic carbocycles. The Labute approximate surface area is 158 Å². The summed E-state index contributed by atoms with van der Waals surface area (Å²) in [5.41, 5.74) is 2.71. The molecule has 2 aromatic carbocycles. The Morgan fingerprint density at radius 1 is 1.12 bits per heavy atom. The first-order valence-electron chi connectivity index (χ1n) is 8.71. The van der Waals surface area contributed by atoms with Crippen LogP contribution in [-0.2, 0) is 6.42 Å². The molecule has 3 nitrogen and oxygen atoms in total. The Hall–Kier alpha value is -1.20. The molecule has 1 fully saturated rings. The molecule has 2 aliphatic heterocycles. The molecule has 1 unspecified atom stereocenters. The van der Waals surface area contributed by atoms with E-state index >= 15 is 0 Å². The van der Waals surface area contributed by atoms with Gasteiger partial charge in [0.25, 0.3) is 0 Å². The summed E-state index contributed by atoms with van der Waals surface area (Å²) < 4.78 is 5.68. The highest BCUT2D eigenvalue weighted by Gasteiger charge is 2.31. The smallest absolute Gasteiger partial charge is 0.134 e. The van der Waals surface area contributed by atoms with Gasteiger partial charge in [-0.1, -0.05) is 41.6 Å². The molecule has 2 aliphatic rings. The molecule has 4 rings (SSSR count). The van der Waals surface area contributed by atoms with Gasteiger partial charge >= 0.3 is 0 Å². The lowest BCUT2D eigenvalue weighted by atomic mass is 9.96. The molecule has 2 heterocycles. The van der Waals surface area contributed by atoms with Gasteiger partial charge in [0.05, 0.1) is 12.0 Å². The Kier molecular flexibility index (Phi) is 4.96. The lowest BCUT2D eigenvalue weighted by Gasteiger charge is -2.38. The van der Waals surface area contributed by atoms with Crippen LogP contribution in [0, 0.1) is 0 Å². The maximum absolute atomic E-state index is 6.44. The van der Waals surface area contributed by atoms with Crippen molar-refractivity contribution < 1.29 is 4.74 Å². The molecule has 5 heteroatoms. The number of methoxy groups -OCH3 is 1. The quantitative estimate of drug-likeness (QED) is 0.776. The summed E-state index contributed by atoms with van der Waals surface area (Å²) in [7, 11) is 3.93. The summed E-state index contributed by atoms with van der Waals surface area (Å²) >= 11 is 8.25. The lowest BCUT2D eigenvalue weighted by Crippen LogP contribution is -2.46. The van der Waals surface area contributed by atoms with E-state index in [0.717, 1.165) is 43.4 Å². The molecule has 0 bridgehead atoms. The maximum Gasteiger partial charge on any atom is 0.134 e. The minimum atomic E-state index is 0.340. The van der Waals surface area contributed by atoms with E-state index in [2.05, 4.69) is 47.2 Å². The molecule has 0 amide bonds. The Morgan fingerprint density at radius 2 is 1.88 bits per heavy atom. The summed E-state index contributed by atoms with van der Waals surface area (Å²) in [5.74, 6) is 0.878. The number of nitrogens with zero attached hydrogens (tertiary/aromatic N) is 2. The van der Waals surface area contributed by atoms with Crippen LogP contribution >= 0.6 is 23.4 Å². The van der Waals surface area contributed by atoms with E-state index in [1.165, 1.54) is 20.9 Å². The van der Waals surface area contributed by atoms with Crippen molar-refractivity contribution in [1.29, 1.82) is 0 Å². The molecule has 0 N–H and O–H groups in total. The third kappa shape index (κ3) is 3.41. The van der Waals surface area contributed by atoms with Gasteiger partial charge in [0, 0.05) is 42.1 Å². The van der Waals surface area contributed by atoms with Gasteiger partial charge in [-0.3, -0.25) is 4.90 Å². The molecule has 1 atom stereocenters. The first-order valence-corrected chi connectivity index (χ1v) is 9.91. The molecule has 0 saturated carbocycles. The van der Waals surface area contributed by atoms with Crippen LogP contribution in [0.4, 0.5) is 0 Å². The van der Waals surface area contributed by atoms with Crippen LogP contribution < -0.4 is 4.74 Å². The fourth-order valence-electron chi connectivity index (χ4n) is 3.76. The highest BCUT2D eigenvalue weighted by Crippen LogP contribution is 2.48. The number of fused-ring (bicyclic) bond motifs is 2. The highest BCUT2D eigenvalue weighted by molar-refractivity contribution is 7.99. The van der Waals surface area contributed by atoms with Crippen LogP contribution in [0.15, 0.2) is 46.2 Å². The van der Waals surface area contributed by atoms with E-state index in [9.17, 15) is 0 Å². The number of benzene rings is 2. The minimum absolute atomic E-state index is 0.340. The topological polar surface area (TPSA) is 15.7 Å². The van der Waals surface area contributed by atoms with E-state index in [1.807, 2.05) is 17.8 Å². The fraction of sp³-hybridized carbons (Fsp3) is 0.400. The van der Waals surface area contributed by atoms with E-state index < -0.39 is 0 Å². The lowest BCUT2D eigenvalue weighted by molar-refractivity contribution is 0.109. The van der Waals surface area contributed by atoms with Gasteiger partial charge < -0.3 is 9.64 Å². The van der Waals surface area contributed by atoms with E-state index in [1.54, 1.807) is 7.11 Å². The second-order valence-electron chi connectivity index (χ2n) is 6.80. The zero-order chi connectivity index (χ0) is 17.4. The molecule has 1 saturated heterocycles. The van der Waals surface area contributed by atoms with Crippen molar-refractivity contribution in [2.45, 2.75) is 22.3 Å². The van der Waals surface area contributed by atoms with Gasteiger partial charge in [0.2, 0.25) is 0 Å². The van der Waals surface area contributed by atoms with Gasteiger partial charge in [-0.15, -0.1) is 0 Å². The fourth-order valence-corrected chi connectivity index (χ4v) is 5.18. The first-order chi connectivity index (χ1) is 12.2. The predicted octanol–water partition coefficient (Wildman–Crippen LogP) is 4.34. The van der Waals surface area contributed by atoms with Gasteiger partial charge in [-0.2, -0.15) is 0 Å². The molecule has 2 aromatic rings. The Morgan fingerprint density at radius 3 is 2.64 bits per heavy atom. The number of hydrogen-bond donors (Lipinski definition) is 0. The summed E-state index contributed by atoms with van der Waals surface area (Å²) in [6, 6.07) is 13.1. The maximum atomic E-state index is 6.44. The summed E-state index contributed by atoms with van der Waals surface area (Å²) in [6.45, 7) is 4.39. The number of halogens is 1. The third-order valence-electron chi connectivity index (χ3n) is 5.20. The number of ether oxygens (including phenoxy) is 1. The summed E-state index contributed by atoms with van der Waals surface area (Å²) in [5, 5.41) is 0.751. The van der Waals surface area contributed by atoms with E-state index in [4.69, 9.17) is 16.3 Å².